The van der Waals surface area contributed by atoms with Gasteiger partial charge in [0.1, 0.15) is 23.0 Å². The van der Waals surface area contributed by atoms with E-state index in [0.29, 0.717) is 35.3 Å². The Morgan fingerprint density at radius 3 is 2.23 bits per heavy atom. The maximum absolute atomic E-state index is 14.0. The van der Waals surface area contributed by atoms with E-state index < -0.39 is 0 Å². The molecule has 1 aliphatic rings. The molecule has 8 nitrogen and oxygen atoms in total. The maximum Gasteiger partial charge on any atom is 0.265 e. The molecule has 0 atom stereocenters. The molecular weight excluding hydrogens is 494 g/mol. The minimum atomic E-state index is -0.368. The molecule has 1 N–H and O–H groups in total. The molecule has 0 aliphatic heterocycles. The molecule has 0 saturated heterocycles. The first kappa shape index (κ1) is 26.3. The van der Waals surface area contributed by atoms with Crippen molar-refractivity contribution in [3.05, 3.63) is 104 Å². The Bertz CT molecular complexity index is 1580. The Morgan fingerprint density at radius 1 is 0.949 bits per heavy atom. The zero-order valence-electron chi connectivity index (χ0n) is 22.5. The van der Waals surface area contributed by atoms with E-state index in [2.05, 4.69) is 4.98 Å². The van der Waals surface area contributed by atoms with Gasteiger partial charge in [0, 0.05) is 30.8 Å². The Morgan fingerprint density at radius 2 is 1.62 bits per heavy atom. The van der Waals surface area contributed by atoms with Crippen LogP contribution in [0, 0.1) is 5.92 Å². The van der Waals surface area contributed by atoms with E-state index in [1.54, 1.807) is 43.1 Å². The monoisotopic (exact) mass is 527 g/mol. The number of aromatic hydroxyl groups is 1. The average Bonchev–Trinajstić information content (AvgIpc) is 3.79. The summed E-state index contributed by atoms with van der Waals surface area (Å²) < 4.78 is 14.3. The van der Waals surface area contributed by atoms with E-state index in [-0.39, 0.29) is 29.0 Å². The minimum absolute atomic E-state index is 0.114. The van der Waals surface area contributed by atoms with E-state index in [1.165, 1.54) is 17.4 Å². The molecule has 8 heteroatoms. The van der Waals surface area contributed by atoms with Crippen molar-refractivity contribution in [2.24, 2.45) is 5.92 Å². The smallest absolute Gasteiger partial charge is 0.265 e. The van der Waals surface area contributed by atoms with Gasteiger partial charge >= 0.3 is 0 Å². The van der Waals surface area contributed by atoms with E-state index in [0.717, 1.165) is 29.7 Å². The third-order valence-corrected chi connectivity index (χ3v) is 7.30. The van der Waals surface area contributed by atoms with E-state index >= 15 is 0 Å². The molecule has 1 aliphatic carbocycles. The number of aryl methyl sites for hydroxylation is 2. The molecule has 1 saturated carbocycles. The summed E-state index contributed by atoms with van der Waals surface area (Å²) in [5.74, 6) is 1.78. The van der Waals surface area contributed by atoms with E-state index in [4.69, 9.17) is 9.47 Å². The zero-order valence-corrected chi connectivity index (χ0v) is 22.5. The van der Waals surface area contributed by atoms with Crippen molar-refractivity contribution in [2.75, 3.05) is 14.2 Å². The summed E-state index contributed by atoms with van der Waals surface area (Å²) in [6.07, 6.45) is 6.63. The van der Waals surface area contributed by atoms with Crippen molar-refractivity contribution in [1.82, 2.24) is 14.1 Å². The van der Waals surface area contributed by atoms with Gasteiger partial charge in [0.2, 0.25) is 5.88 Å². The van der Waals surface area contributed by atoms with Gasteiger partial charge in [-0.1, -0.05) is 44.0 Å². The lowest BCUT2D eigenvalue weighted by Crippen LogP contribution is -2.28. The fraction of sp³-hybridized carbons (Fsp3) is 0.323. The van der Waals surface area contributed by atoms with Gasteiger partial charge in [0.15, 0.2) is 0 Å². The fourth-order valence-corrected chi connectivity index (χ4v) is 4.85. The van der Waals surface area contributed by atoms with Crippen molar-refractivity contribution >= 4 is 0 Å². The van der Waals surface area contributed by atoms with Crippen LogP contribution in [0.3, 0.4) is 0 Å². The molecule has 0 amide bonds. The normalized spacial score (nSPS) is 12.9. The zero-order chi connectivity index (χ0) is 27.5. The standard InChI is InChI=1S/C31H33N3O5/c1-4-20-13-17-28(35)33(19-20)23-14-10-22(11-15-23)18-24-30(36)32-27(16-12-21-8-9-21)34(31(24)37)29-25(38-2)6-5-7-26(29)39-3/h5-7,10-11,13-15,17,19,21,36H,4,8-9,12,16,18H2,1-3H3. The van der Waals surface area contributed by atoms with Gasteiger partial charge in [0.25, 0.3) is 11.1 Å². The van der Waals surface area contributed by atoms with Crippen LogP contribution in [0.4, 0.5) is 0 Å². The van der Waals surface area contributed by atoms with Crippen molar-refractivity contribution in [3.8, 4) is 28.8 Å². The second-order valence-corrected chi connectivity index (χ2v) is 9.91. The summed E-state index contributed by atoms with van der Waals surface area (Å²) in [7, 11) is 3.09. The highest BCUT2D eigenvalue weighted by atomic mass is 16.5. The molecule has 5 rings (SSSR count). The molecule has 2 aromatic heterocycles. The van der Waals surface area contributed by atoms with Crippen molar-refractivity contribution in [2.45, 2.75) is 45.4 Å². The highest BCUT2D eigenvalue weighted by Crippen LogP contribution is 2.36. The van der Waals surface area contributed by atoms with Gasteiger partial charge in [-0.25, -0.2) is 0 Å². The predicted molar refractivity (Wildman–Crippen MR) is 150 cm³/mol. The number of methoxy groups -OCH3 is 2. The van der Waals surface area contributed by atoms with Gasteiger partial charge in [-0.2, -0.15) is 4.98 Å². The number of pyridine rings is 1. The largest absolute Gasteiger partial charge is 0.494 e. The molecule has 0 spiro atoms. The van der Waals surface area contributed by atoms with Crippen LogP contribution in [0.2, 0.25) is 0 Å². The minimum Gasteiger partial charge on any atom is -0.494 e. The van der Waals surface area contributed by atoms with Crippen LogP contribution in [-0.2, 0) is 19.3 Å². The summed E-state index contributed by atoms with van der Waals surface area (Å²) in [4.78, 5) is 31.0. The molecular formula is C31H33N3O5. The summed E-state index contributed by atoms with van der Waals surface area (Å²) >= 11 is 0. The van der Waals surface area contributed by atoms with Gasteiger partial charge in [-0.15, -0.1) is 0 Å². The molecule has 1 fully saturated rings. The molecule has 0 bridgehead atoms. The van der Waals surface area contributed by atoms with Crippen LogP contribution < -0.4 is 20.6 Å². The third-order valence-electron chi connectivity index (χ3n) is 7.30. The molecule has 0 radical (unpaired) electrons. The molecule has 39 heavy (non-hydrogen) atoms. The van der Waals surface area contributed by atoms with Crippen molar-refractivity contribution in [3.63, 3.8) is 0 Å². The second-order valence-electron chi connectivity index (χ2n) is 9.91. The number of benzene rings is 2. The number of hydrogen-bond acceptors (Lipinski definition) is 6. The summed E-state index contributed by atoms with van der Waals surface area (Å²) in [5.41, 5.74) is 2.76. The van der Waals surface area contributed by atoms with Crippen LogP contribution >= 0.6 is 0 Å². The fourth-order valence-electron chi connectivity index (χ4n) is 4.85. The Balaban J connectivity index is 1.56. The number of rotatable bonds is 10. The van der Waals surface area contributed by atoms with Crippen LogP contribution in [0.1, 0.15) is 48.7 Å². The average molecular weight is 528 g/mol. The lowest BCUT2D eigenvalue weighted by atomic mass is 10.1. The van der Waals surface area contributed by atoms with Crippen LogP contribution in [0.5, 0.6) is 17.4 Å². The molecule has 2 aromatic carbocycles. The first-order chi connectivity index (χ1) is 18.9. The van der Waals surface area contributed by atoms with E-state index in [9.17, 15) is 14.7 Å². The molecule has 2 heterocycles. The Hall–Kier alpha value is -4.33. The number of ether oxygens (including phenoxy) is 2. The highest BCUT2D eigenvalue weighted by molar-refractivity contribution is 5.58. The van der Waals surface area contributed by atoms with Crippen LogP contribution in [0.15, 0.2) is 70.4 Å². The van der Waals surface area contributed by atoms with Gasteiger partial charge in [0.05, 0.1) is 19.8 Å². The summed E-state index contributed by atoms with van der Waals surface area (Å²) in [6, 6.07) is 16.1. The molecule has 4 aromatic rings. The third kappa shape index (κ3) is 5.46. The van der Waals surface area contributed by atoms with Gasteiger partial charge < -0.3 is 14.6 Å². The van der Waals surface area contributed by atoms with Gasteiger partial charge in [-0.3, -0.25) is 18.7 Å². The highest BCUT2D eigenvalue weighted by Gasteiger charge is 2.26. The number of para-hydroxylation sites is 1. The van der Waals surface area contributed by atoms with Crippen molar-refractivity contribution in [1.29, 1.82) is 0 Å². The lowest BCUT2D eigenvalue weighted by Gasteiger charge is -2.19. The summed E-state index contributed by atoms with van der Waals surface area (Å²) in [5, 5.41) is 10.9. The Labute approximate surface area is 227 Å². The number of hydrogen-bond donors (Lipinski definition) is 1. The Kier molecular flexibility index (Phi) is 7.54. The molecule has 202 valence electrons. The quantitative estimate of drug-likeness (QED) is 0.324. The molecule has 0 unspecified atom stereocenters. The first-order valence-electron chi connectivity index (χ1n) is 13.3. The first-order valence-corrected chi connectivity index (χ1v) is 13.3. The van der Waals surface area contributed by atoms with E-state index in [1.807, 2.05) is 43.5 Å². The van der Waals surface area contributed by atoms with Gasteiger partial charge in [-0.05, 0) is 54.2 Å². The predicted octanol–water partition coefficient (Wildman–Crippen LogP) is 4.60. The number of nitrogens with zero attached hydrogens (tertiary/aromatic N) is 3. The topological polar surface area (TPSA) is 95.6 Å². The maximum atomic E-state index is 14.0. The van der Waals surface area contributed by atoms with Crippen molar-refractivity contribution < 1.29 is 14.6 Å². The number of aromatic nitrogens is 3. The second kappa shape index (κ2) is 11.2. The van der Waals surface area contributed by atoms with Crippen LogP contribution in [0.25, 0.3) is 11.4 Å². The summed E-state index contributed by atoms with van der Waals surface area (Å²) in [6.45, 7) is 2.04. The van der Waals surface area contributed by atoms with Crippen LogP contribution in [-0.4, -0.2) is 33.4 Å². The lowest BCUT2D eigenvalue weighted by molar-refractivity contribution is 0.387. The SMILES string of the molecule is CCc1ccc(=O)n(-c2ccc(Cc3c(O)nc(CCC4CC4)n(-c4c(OC)cccc4OC)c3=O)cc2)c1.